The van der Waals surface area contributed by atoms with Crippen LogP contribution < -0.4 is 11.1 Å². The summed E-state index contributed by atoms with van der Waals surface area (Å²) >= 11 is 0. The average molecular weight is 424 g/mol. The highest BCUT2D eigenvalue weighted by Crippen LogP contribution is 2.41. The summed E-state index contributed by atoms with van der Waals surface area (Å²) in [5.74, 6) is -1.48. The molecule has 0 saturated carbocycles. The Hall–Kier alpha value is -3.69. The van der Waals surface area contributed by atoms with Crippen LogP contribution in [-0.4, -0.2) is 29.6 Å². The van der Waals surface area contributed by atoms with Crippen LogP contribution in [0.2, 0.25) is 0 Å². The summed E-state index contributed by atoms with van der Waals surface area (Å²) in [4.78, 5) is 25.7. The molecule has 0 saturated heterocycles. The molecule has 0 radical (unpaired) electrons. The fourth-order valence-corrected chi connectivity index (χ4v) is 4.23. The standard InChI is InChI=1S/C21H16N2O6S/c1-10-6-7-13(16(8-10)30(27,28)29)23-14-9-15(24)19(22)18-17(14)20(25)11-4-2-3-5-12(11)21(18)26/h2-9,23-24H,22H2,1H3,(H,27,28,29). The van der Waals surface area contributed by atoms with Gasteiger partial charge in [0.25, 0.3) is 10.1 Å². The highest BCUT2D eigenvalue weighted by atomic mass is 32.2. The molecule has 0 aliphatic heterocycles. The smallest absolute Gasteiger partial charge is 0.296 e. The number of rotatable bonds is 3. The van der Waals surface area contributed by atoms with E-state index in [-0.39, 0.29) is 39.3 Å². The summed E-state index contributed by atoms with van der Waals surface area (Å²) in [6.45, 7) is 1.65. The van der Waals surface area contributed by atoms with Crippen molar-refractivity contribution in [2.24, 2.45) is 0 Å². The van der Waals surface area contributed by atoms with Crippen molar-refractivity contribution in [3.05, 3.63) is 76.3 Å². The predicted octanol–water partition coefficient (Wildman–Crippen LogP) is 3.05. The van der Waals surface area contributed by atoms with E-state index in [0.717, 1.165) is 6.07 Å². The van der Waals surface area contributed by atoms with Crippen LogP contribution in [0.1, 0.15) is 37.4 Å². The van der Waals surface area contributed by atoms with Gasteiger partial charge in [0, 0.05) is 17.2 Å². The number of hydrogen-bond donors (Lipinski definition) is 4. The molecule has 0 heterocycles. The number of hydrogen-bond acceptors (Lipinski definition) is 7. The topological polar surface area (TPSA) is 147 Å². The molecular weight excluding hydrogens is 408 g/mol. The maximum absolute atomic E-state index is 13.2. The van der Waals surface area contributed by atoms with Crippen LogP contribution in [-0.2, 0) is 10.1 Å². The fourth-order valence-electron chi connectivity index (χ4n) is 3.49. The van der Waals surface area contributed by atoms with E-state index in [0.29, 0.717) is 5.56 Å². The zero-order valence-electron chi connectivity index (χ0n) is 15.6. The number of aryl methyl sites for hydroxylation is 1. The van der Waals surface area contributed by atoms with Crippen LogP contribution in [0.4, 0.5) is 17.1 Å². The first kappa shape index (κ1) is 19.6. The quantitative estimate of drug-likeness (QED) is 0.223. The molecule has 0 bridgehead atoms. The first-order valence-corrected chi connectivity index (χ1v) is 10.2. The van der Waals surface area contributed by atoms with Crippen molar-refractivity contribution < 1.29 is 27.7 Å². The number of aromatic hydroxyl groups is 1. The number of anilines is 3. The third-order valence-corrected chi connectivity index (χ3v) is 5.79. The Morgan fingerprint density at radius 3 is 2.10 bits per heavy atom. The molecule has 0 atom stereocenters. The lowest BCUT2D eigenvalue weighted by molar-refractivity contribution is 0.0980. The average Bonchev–Trinajstić information content (AvgIpc) is 2.69. The second kappa shape index (κ2) is 6.68. The van der Waals surface area contributed by atoms with Crippen molar-refractivity contribution in [1.82, 2.24) is 0 Å². The maximum Gasteiger partial charge on any atom is 0.296 e. The summed E-state index contributed by atoms with van der Waals surface area (Å²) in [7, 11) is -4.59. The zero-order valence-corrected chi connectivity index (χ0v) is 16.4. The molecule has 0 amide bonds. The molecule has 0 unspecified atom stereocenters. The summed E-state index contributed by atoms with van der Waals surface area (Å²) in [6, 6.07) is 11.6. The first-order valence-electron chi connectivity index (χ1n) is 8.78. The third kappa shape index (κ3) is 3.00. The van der Waals surface area contributed by atoms with Gasteiger partial charge in [-0.2, -0.15) is 8.42 Å². The van der Waals surface area contributed by atoms with E-state index >= 15 is 0 Å². The number of nitrogen functional groups attached to an aromatic ring is 1. The number of nitrogens with one attached hydrogen (secondary N) is 1. The maximum atomic E-state index is 13.2. The normalized spacial score (nSPS) is 13.0. The first-order chi connectivity index (χ1) is 14.1. The monoisotopic (exact) mass is 424 g/mol. The molecule has 0 spiro atoms. The molecule has 30 heavy (non-hydrogen) atoms. The number of carbonyl (C=O) groups excluding carboxylic acids is 2. The Balaban J connectivity index is 1.96. The Labute approximate surface area is 171 Å². The van der Waals surface area contributed by atoms with E-state index in [1.54, 1.807) is 25.1 Å². The van der Waals surface area contributed by atoms with Crippen molar-refractivity contribution >= 4 is 38.7 Å². The summed E-state index contributed by atoms with van der Waals surface area (Å²) in [6.07, 6.45) is 0. The summed E-state index contributed by atoms with van der Waals surface area (Å²) < 4.78 is 33.2. The molecule has 152 valence electrons. The lowest BCUT2D eigenvalue weighted by atomic mass is 9.82. The van der Waals surface area contributed by atoms with E-state index in [4.69, 9.17) is 5.73 Å². The van der Waals surface area contributed by atoms with E-state index in [1.807, 2.05) is 0 Å². The lowest BCUT2D eigenvalue weighted by Gasteiger charge is -2.23. The van der Waals surface area contributed by atoms with Crippen molar-refractivity contribution in [3.63, 3.8) is 0 Å². The molecule has 1 aliphatic rings. The summed E-state index contributed by atoms with van der Waals surface area (Å²) in [5.41, 5.74) is 6.27. The van der Waals surface area contributed by atoms with Crippen LogP contribution in [0.3, 0.4) is 0 Å². The van der Waals surface area contributed by atoms with Gasteiger partial charge in [0.1, 0.15) is 10.6 Å². The third-order valence-electron chi connectivity index (χ3n) is 4.90. The molecule has 1 aliphatic carbocycles. The Morgan fingerprint density at radius 1 is 0.900 bits per heavy atom. The minimum Gasteiger partial charge on any atom is -0.506 e. The molecule has 8 nitrogen and oxygen atoms in total. The molecule has 3 aromatic rings. The minimum atomic E-state index is -4.59. The molecule has 4 rings (SSSR count). The van der Waals surface area contributed by atoms with E-state index < -0.39 is 32.3 Å². The van der Waals surface area contributed by atoms with Crippen LogP contribution in [0.15, 0.2) is 53.4 Å². The van der Waals surface area contributed by atoms with E-state index in [9.17, 15) is 27.7 Å². The van der Waals surface area contributed by atoms with Crippen LogP contribution in [0, 0.1) is 6.92 Å². The van der Waals surface area contributed by atoms with Crippen molar-refractivity contribution in [2.75, 3.05) is 11.1 Å². The zero-order chi connectivity index (χ0) is 21.8. The molecule has 0 aromatic heterocycles. The van der Waals surface area contributed by atoms with Gasteiger partial charge in [-0.3, -0.25) is 14.1 Å². The second-order valence-corrected chi connectivity index (χ2v) is 8.30. The fraction of sp³-hybridized carbons (Fsp3) is 0.0476. The molecule has 9 heteroatoms. The number of fused-ring (bicyclic) bond motifs is 2. The van der Waals surface area contributed by atoms with Gasteiger partial charge in [-0.05, 0) is 24.6 Å². The molecule has 0 fully saturated rings. The number of ketones is 2. The molecular formula is C21H16N2O6S. The van der Waals surface area contributed by atoms with Crippen LogP contribution in [0.25, 0.3) is 0 Å². The number of phenolic OH excluding ortho intramolecular Hbond substituents is 1. The van der Waals surface area contributed by atoms with E-state index in [2.05, 4.69) is 5.32 Å². The van der Waals surface area contributed by atoms with Gasteiger partial charge in [0.15, 0.2) is 11.6 Å². The lowest BCUT2D eigenvalue weighted by Crippen LogP contribution is -2.23. The highest BCUT2D eigenvalue weighted by molar-refractivity contribution is 7.86. The van der Waals surface area contributed by atoms with Gasteiger partial charge in [-0.15, -0.1) is 0 Å². The Kier molecular flexibility index (Phi) is 4.37. The number of nitrogens with two attached hydrogens (primary N) is 1. The SMILES string of the molecule is Cc1ccc(Nc2cc(O)c(N)c3c2C(=O)c2ccccc2C3=O)c(S(=O)(=O)O)c1. The van der Waals surface area contributed by atoms with Gasteiger partial charge in [-0.1, -0.05) is 30.3 Å². The predicted molar refractivity (Wildman–Crippen MR) is 110 cm³/mol. The van der Waals surface area contributed by atoms with Gasteiger partial charge < -0.3 is 16.2 Å². The van der Waals surface area contributed by atoms with Crippen molar-refractivity contribution in [3.8, 4) is 5.75 Å². The molecule has 5 N–H and O–H groups in total. The van der Waals surface area contributed by atoms with Gasteiger partial charge in [0.05, 0.1) is 28.2 Å². The van der Waals surface area contributed by atoms with Gasteiger partial charge >= 0.3 is 0 Å². The Morgan fingerprint density at radius 2 is 1.50 bits per heavy atom. The van der Waals surface area contributed by atoms with E-state index in [1.165, 1.54) is 24.3 Å². The van der Waals surface area contributed by atoms with Gasteiger partial charge in [0.2, 0.25) is 0 Å². The van der Waals surface area contributed by atoms with Crippen molar-refractivity contribution in [2.45, 2.75) is 11.8 Å². The van der Waals surface area contributed by atoms with Gasteiger partial charge in [-0.25, -0.2) is 0 Å². The van der Waals surface area contributed by atoms with Crippen LogP contribution >= 0.6 is 0 Å². The highest BCUT2D eigenvalue weighted by Gasteiger charge is 2.35. The number of phenols is 1. The Bertz CT molecular complexity index is 1360. The number of benzene rings is 3. The minimum absolute atomic E-state index is 0.0155. The van der Waals surface area contributed by atoms with Crippen LogP contribution in [0.5, 0.6) is 5.75 Å². The number of carbonyl (C=O) groups is 2. The second-order valence-electron chi connectivity index (χ2n) is 6.91. The van der Waals surface area contributed by atoms with Crippen molar-refractivity contribution in [1.29, 1.82) is 0 Å². The largest absolute Gasteiger partial charge is 0.506 e. The molecule has 3 aromatic carbocycles. The summed E-state index contributed by atoms with van der Waals surface area (Å²) in [5, 5.41) is 13.0.